The number of carbonyl (C=O) groups excluding carboxylic acids is 1. The quantitative estimate of drug-likeness (QED) is 0.830. The maximum atomic E-state index is 14.2. The second-order valence-corrected chi connectivity index (χ2v) is 6.72. The molecule has 0 fully saturated rings. The summed E-state index contributed by atoms with van der Waals surface area (Å²) in [6.45, 7) is 6.90. The summed E-state index contributed by atoms with van der Waals surface area (Å²) in [4.78, 5) is 11.7. The van der Waals surface area contributed by atoms with Crippen LogP contribution in [0, 0.1) is 11.6 Å². The standard InChI is InChI=1S/C15H21ClF2N2O2/c1-14(2,3)22-13(21)20-8-15(4,7-19)9-5-6-10(17)11(16)12(9)18/h5-6H,7-8,19H2,1-4H3,(H,20,21). The summed E-state index contributed by atoms with van der Waals surface area (Å²) in [7, 11) is 0. The van der Waals surface area contributed by atoms with E-state index in [-0.39, 0.29) is 18.7 Å². The number of amides is 1. The zero-order valence-corrected chi connectivity index (χ0v) is 13.9. The molecule has 124 valence electrons. The number of hydrogen-bond acceptors (Lipinski definition) is 3. The van der Waals surface area contributed by atoms with Crippen LogP contribution in [0.3, 0.4) is 0 Å². The lowest BCUT2D eigenvalue weighted by molar-refractivity contribution is 0.0516. The van der Waals surface area contributed by atoms with Crippen molar-refractivity contribution in [2.45, 2.75) is 38.7 Å². The normalized spacial score (nSPS) is 14.4. The molecule has 0 aliphatic heterocycles. The van der Waals surface area contributed by atoms with Gasteiger partial charge >= 0.3 is 6.09 Å². The summed E-state index contributed by atoms with van der Waals surface area (Å²) in [5, 5.41) is 1.96. The minimum absolute atomic E-state index is 0.0251. The van der Waals surface area contributed by atoms with Gasteiger partial charge in [-0.3, -0.25) is 0 Å². The van der Waals surface area contributed by atoms with Gasteiger partial charge in [0.05, 0.1) is 0 Å². The Morgan fingerprint density at radius 1 is 1.32 bits per heavy atom. The third kappa shape index (κ3) is 4.55. The highest BCUT2D eigenvalue weighted by atomic mass is 35.5. The van der Waals surface area contributed by atoms with E-state index in [9.17, 15) is 13.6 Å². The van der Waals surface area contributed by atoms with Gasteiger partial charge in [-0.15, -0.1) is 0 Å². The first-order valence-corrected chi connectivity index (χ1v) is 7.19. The molecule has 1 aromatic rings. The molecular formula is C15H21ClF2N2O2. The van der Waals surface area contributed by atoms with Crippen LogP contribution in [0.1, 0.15) is 33.3 Å². The van der Waals surface area contributed by atoms with Crippen LogP contribution in [0.2, 0.25) is 5.02 Å². The summed E-state index contributed by atoms with van der Waals surface area (Å²) in [5.74, 6) is -1.72. The summed E-state index contributed by atoms with van der Waals surface area (Å²) in [6, 6.07) is 2.35. The summed E-state index contributed by atoms with van der Waals surface area (Å²) in [5.41, 5.74) is 4.26. The average Bonchev–Trinajstić information content (AvgIpc) is 2.40. The van der Waals surface area contributed by atoms with Gasteiger partial charge in [-0.25, -0.2) is 13.6 Å². The Morgan fingerprint density at radius 2 is 1.91 bits per heavy atom. The molecule has 1 aromatic carbocycles. The van der Waals surface area contributed by atoms with Crippen LogP contribution >= 0.6 is 11.6 Å². The Hall–Kier alpha value is -1.40. The molecule has 0 aliphatic rings. The summed E-state index contributed by atoms with van der Waals surface area (Å²) < 4.78 is 32.5. The smallest absolute Gasteiger partial charge is 0.407 e. The van der Waals surface area contributed by atoms with Crippen molar-refractivity contribution in [3.05, 3.63) is 34.4 Å². The van der Waals surface area contributed by atoms with Crippen LogP contribution < -0.4 is 11.1 Å². The lowest BCUT2D eigenvalue weighted by atomic mass is 9.82. The van der Waals surface area contributed by atoms with Crippen molar-refractivity contribution >= 4 is 17.7 Å². The van der Waals surface area contributed by atoms with Gasteiger partial charge in [0.2, 0.25) is 0 Å². The third-order valence-electron chi connectivity index (χ3n) is 3.16. The number of benzene rings is 1. The van der Waals surface area contributed by atoms with E-state index >= 15 is 0 Å². The molecule has 1 rings (SSSR count). The molecule has 7 heteroatoms. The van der Waals surface area contributed by atoms with E-state index < -0.39 is 33.8 Å². The number of nitrogens with one attached hydrogen (secondary N) is 1. The largest absolute Gasteiger partial charge is 0.444 e. The molecule has 0 aliphatic carbocycles. The van der Waals surface area contributed by atoms with Gasteiger partial charge in [0.15, 0.2) is 0 Å². The number of rotatable bonds is 4. The maximum absolute atomic E-state index is 14.2. The van der Waals surface area contributed by atoms with Gasteiger partial charge in [-0.1, -0.05) is 24.6 Å². The van der Waals surface area contributed by atoms with Crippen molar-refractivity contribution in [1.82, 2.24) is 5.32 Å². The molecule has 3 N–H and O–H groups in total. The highest BCUT2D eigenvalue weighted by Crippen LogP contribution is 2.30. The number of halogens is 3. The maximum Gasteiger partial charge on any atom is 0.407 e. The number of carbonyl (C=O) groups is 1. The van der Waals surface area contributed by atoms with Crippen LogP contribution in [-0.4, -0.2) is 24.8 Å². The predicted molar refractivity (Wildman–Crippen MR) is 82.0 cm³/mol. The fourth-order valence-corrected chi connectivity index (χ4v) is 2.02. The van der Waals surface area contributed by atoms with Crippen LogP contribution in [0.15, 0.2) is 12.1 Å². The van der Waals surface area contributed by atoms with Gasteiger partial charge in [0.1, 0.15) is 22.3 Å². The lowest BCUT2D eigenvalue weighted by Gasteiger charge is -2.30. The molecule has 1 amide bonds. The topological polar surface area (TPSA) is 64.3 Å². The molecule has 0 aromatic heterocycles. The van der Waals surface area contributed by atoms with Crippen molar-refractivity contribution < 1.29 is 18.3 Å². The zero-order chi connectivity index (χ0) is 17.1. The molecular weight excluding hydrogens is 314 g/mol. The van der Waals surface area contributed by atoms with E-state index in [4.69, 9.17) is 22.1 Å². The van der Waals surface area contributed by atoms with Gasteiger partial charge in [0.25, 0.3) is 0 Å². The predicted octanol–water partition coefficient (Wildman–Crippen LogP) is 3.36. The number of alkyl carbamates (subject to hydrolysis) is 1. The summed E-state index contributed by atoms with van der Waals surface area (Å²) in [6.07, 6.45) is -0.638. The van der Waals surface area contributed by atoms with E-state index in [0.717, 1.165) is 6.07 Å². The Labute approximate surface area is 134 Å². The fourth-order valence-electron chi connectivity index (χ4n) is 1.85. The van der Waals surface area contributed by atoms with Gasteiger partial charge < -0.3 is 15.8 Å². The average molecular weight is 335 g/mol. The van der Waals surface area contributed by atoms with E-state index in [1.54, 1.807) is 27.7 Å². The van der Waals surface area contributed by atoms with Crippen molar-refractivity contribution in [3.8, 4) is 0 Å². The molecule has 0 radical (unpaired) electrons. The summed E-state index contributed by atoms with van der Waals surface area (Å²) >= 11 is 5.59. The van der Waals surface area contributed by atoms with E-state index in [1.165, 1.54) is 6.07 Å². The van der Waals surface area contributed by atoms with Crippen molar-refractivity contribution in [2.75, 3.05) is 13.1 Å². The second kappa shape index (κ2) is 6.79. The van der Waals surface area contributed by atoms with Gasteiger partial charge in [-0.05, 0) is 32.4 Å². The Balaban J connectivity index is 2.94. The minimum Gasteiger partial charge on any atom is -0.444 e. The van der Waals surface area contributed by atoms with Gasteiger partial charge in [-0.2, -0.15) is 0 Å². The molecule has 0 bridgehead atoms. The first-order chi connectivity index (χ1) is 10.00. The fraction of sp³-hybridized carbons (Fsp3) is 0.533. The lowest BCUT2D eigenvalue weighted by Crippen LogP contribution is -2.45. The van der Waals surface area contributed by atoms with E-state index in [2.05, 4.69) is 5.32 Å². The van der Waals surface area contributed by atoms with Crippen molar-refractivity contribution in [3.63, 3.8) is 0 Å². The molecule has 0 heterocycles. The second-order valence-electron chi connectivity index (χ2n) is 6.34. The molecule has 0 saturated heterocycles. The van der Waals surface area contributed by atoms with E-state index in [1.807, 2.05) is 0 Å². The SMILES string of the molecule is CC(C)(C)OC(=O)NCC(C)(CN)c1ccc(F)c(Cl)c1F. The van der Waals surface area contributed by atoms with Gasteiger partial charge in [0, 0.05) is 18.5 Å². The molecule has 0 saturated carbocycles. The number of ether oxygens (including phenoxy) is 1. The minimum atomic E-state index is -0.946. The molecule has 22 heavy (non-hydrogen) atoms. The van der Waals surface area contributed by atoms with Crippen molar-refractivity contribution in [2.24, 2.45) is 5.73 Å². The van der Waals surface area contributed by atoms with E-state index in [0.29, 0.717) is 0 Å². The van der Waals surface area contributed by atoms with Crippen LogP contribution in [0.25, 0.3) is 0 Å². The highest BCUT2D eigenvalue weighted by Gasteiger charge is 2.31. The molecule has 1 unspecified atom stereocenters. The Bertz CT molecular complexity index is 561. The highest BCUT2D eigenvalue weighted by molar-refractivity contribution is 6.31. The van der Waals surface area contributed by atoms with Crippen LogP contribution in [0.5, 0.6) is 0 Å². The van der Waals surface area contributed by atoms with Crippen LogP contribution in [-0.2, 0) is 10.2 Å². The molecule has 1 atom stereocenters. The van der Waals surface area contributed by atoms with Crippen molar-refractivity contribution in [1.29, 1.82) is 0 Å². The monoisotopic (exact) mass is 334 g/mol. The Kier molecular flexibility index (Phi) is 5.76. The number of nitrogens with two attached hydrogens (primary N) is 1. The first kappa shape index (κ1) is 18.6. The first-order valence-electron chi connectivity index (χ1n) is 6.81. The molecule has 4 nitrogen and oxygen atoms in total. The third-order valence-corrected chi connectivity index (χ3v) is 3.50. The molecule has 0 spiro atoms. The van der Waals surface area contributed by atoms with Crippen LogP contribution in [0.4, 0.5) is 13.6 Å². The Morgan fingerprint density at radius 3 is 2.41 bits per heavy atom. The zero-order valence-electron chi connectivity index (χ0n) is 13.1. The number of hydrogen-bond donors (Lipinski definition) is 2.